The number of halogens is 3. The zero-order valence-electron chi connectivity index (χ0n) is 23.7. The number of esters is 1. The first-order chi connectivity index (χ1) is 18.4. The second kappa shape index (κ2) is 11.4. The van der Waals surface area contributed by atoms with Crippen molar-refractivity contribution in [2.75, 3.05) is 19.7 Å². The van der Waals surface area contributed by atoms with E-state index < -0.39 is 59.3 Å². The molecule has 224 valence electrons. The number of likely N-dealkylation sites (tertiary alicyclic amines) is 1. The molecule has 3 fully saturated rings. The topological polar surface area (TPSA) is 134 Å². The Kier molecular flexibility index (Phi) is 8.95. The molecule has 2 aliphatic heterocycles. The Morgan fingerprint density at radius 2 is 1.82 bits per heavy atom. The van der Waals surface area contributed by atoms with E-state index in [0.29, 0.717) is 13.0 Å². The van der Waals surface area contributed by atoms with Crippen LogP contribution in [0.1, 0.15) is 54.4 Å². The third kappa shape index (κ3) is 6.77. The first-order valence-corrected chi connectivity index (χ1v) is 13.5. The van der Waals surface area contributed by atoms with Gasteiger partial charge >= 0.3 is 18.1 Å². The molecule has 0 bridgehead atoms. The van der Waals surface area contributed by atoms with E-state index in [1.54, 1.807) is 6.92 Å². The molecule has 13 heteroatoms. The van der Waals surface area contributed by atoms with Crippen molar-refractivity contribution < 1.29 is 41.9 Å². The zero-order chi connectivity index (χ0) is 30.2. The first kappa shape index (κ1) is 31.4. The van der Waals surface area contributed by atoms with Crippen LogP contribution >= 0.6 is 0 Å². The fraction of sp³-hybridized carbons (Fsp3) is 0.741. The summed E-state index contributed by atoms with van der Waals surface area (Å²) in [4.78, 5) is 64.6. The van der Waals surface area contributed by atoms with E-state index in [2.05, 4.69) is 10.6 Å². The third-order valence-corrected chi connectivity index (χ3v) is 8.19. The number of hydrogen-bond donors (Lipinski definition) is 3. The van der Waals surface area contributed by atoms with Gasteiger partial charge in [0.05, 0.1) is 6.61 Å². The average molecular weight is 573 g/mol. The molecule has 0 aromatic carbocycles. The summed E-state index contributed by atoms with van der Waals surface area (Å²) < 4.78 is 44.1. The van der Waals surface area contributed by atoms with Crippen molar-refractivity contribution in [2.24, 2.45) is 28.6 Å². The number of fused-ring (bicyclic) bond motifs is 1. The van der Waals surface area contributed by atoms with Gasteiger partial charge in [0.1, 0.15) is 12.1 Å². The lowest BCUT2D eigenvalue weighted by atomic mass is 9.85. The van der Waals surface area contributed by atoms with Gasteiger partial charge in [0, 0.05) is 31.1 Å². The van der Waals surface area contributed by atoms with Crippen molar-refractivity contribution in [1.29, 1.82) is 0 Å². The molecular weight excluding hydrogens is 533 g/mol. The van der Waals surface area contributed by atoms with Crippen LogP contribution in [0.25, 0.3) is 0 Å². The van der Waals surface area contributed by atoms with Crippen molar-refractivity contribution in [1.82, 2.24) is 20.9 Å². The maximum atomic E-state index is 13.8. The van der Waals surface area contributed by atoms with Gasteiger partial charge in [0.15, 0.2) is 0 Å². The molecule has 1 saturated carbocycles. The van der Waals surface area contributed by atoms with Gasteiger partial charge in [-0.15, -0.1) is 0 Å². The molecule has 4 amide bonds. The lowest BCUT2D eigenvalue weighted by Gasteiger charge is -2.38. The summed E-state index contributed by atoms with van der Waals surface area (Å²) >= 11 is 0. The van der Waals surface area contributed by atoms with E-state index in [1.165, 1.54) is 37.8 Å². The lowest BCUT2D eigenvalue weighted by molar-refractivity contribution is -0.176. The number of alkyl halides is 3. The van der Waals surface area contributed by atoms with Gasteiger partial charge in [-0.2, -0.15) is 13.2 Å². The van der Waals surface area contributed by atoms with Crippen molar-refractivity contribution in [3.8, 4) is 0 Å². The molecule has 1 aliphatic carbocycles. The fourth-order valence-corrected chi connectivity index (χ4v) is 5.86. The van der Waals surface area contributed by atoms with Gasteiger partial charge in [-0.05, 0) is 42.4 Å². The molecule has 6 atom stereocenters. The van der Waals surface area contributed by atoms with Gasteiger partial charge in [-0.25, -0.2) is 4.79 Å². The maximum absolute atomic E-state index is 13.8. The number of hydrogen-bond acceptors (Lipinski definition) is 6. The van der Waals surface area contributed by atoms with E-state index in [0.717, 1.165) is 0 Å². The average Bonchev–Trinajstić information content (AvgIpc) is 3.17. The zero-order valence-corrected chi connectivity index (χ0v) is 23.7. The predicted molar refractivity (Wildman–Crippen MR) is 137 cm³/mol. The number of amides is 4. The number of nitrogens with zero attached hydrogens (tertiary/aromatic N) is 1. The van der Waals surface area contributed by atoms with Crippen molar-refractivity contribution >= 4 is 29.6 Å². The Morgan fingerprint density at radius 3 is 2.35 bits per heavy atom. The van der Waals surface area contributed by atoms with Gasteiger partial charge in [-0.1, -0.05) is 40.7 Å². The minimum Gasteiger partial charge on any atom is -0.463 e. The van der Waals surface area contributed by atoms with E-state index in [9.17, 15) is 37.1 Å². The molecule has 0 unspecified atom stereocenters. The molecule has 3 rings (SSSR count). The summed E-state index contributed by atoms with van der Waals surface area (Å²) in [6.45, 7) is 11.0. The maximum Gasteiger partial charge on any atom is 0.471 e. The fourth-order valence-electron chi connectivity index (χ4n) is 5.86. The molecule has 0 radical (unpaired) electrons. The molecule has 3 N–H and O–H groups in total. The quantitative estimate of drug-likeness (QED) is 0.285. The largest absolute Gasteiger partial charge is 0.471 e. The van der Waals surface area contributed by atoms with E-state index in [1.807, 2.05) is 19.2 Å². The number of rotatable bonds is 9. The Morgan fingerprint density at radius 1 is 1.18 bits per heavy atom. The Balaban J connectivity index is 1.86. The molecule has 3 aliphatic rings. The number of piperidine rings is 1. The van der Waals surface area contributed by atoms with Crippen molar-refractivity contribution in [2.45, 2.75) is 78.7 Å². The van der Waals surface area contributed by atoms with Crippen LogP contribution in [0.15, 0.2) is 12.2 Å². The van der Waals surface area contributed by atoms with Gasteiger partial charge < -0.3 is 25.6 Å². The molecule has 10 nitrogen and oxygen atoms in total. The molecule has 0 spiro atoms. The van der Waals surface area contributed by atoms with Crippen molar-refractivity contribution in [3.05, 3.63) is 12.2 Å². The highest BCUT2D eigenvalue weighted by atomic mass is 19.4. The van der Waals surface area contributed by atoms with E-state index >= 15 is 0 Å². The minimum absolute atomic E-state index is 0.0553. The first-order valence-electron chi connectivity index (χ1n) is 13.5. The van der Waals surface area contributed by atoms with Crippen LogP contribution in [-0.4, -0.2) is 78.5 Å². The number of carbonyl (C=O) groups is 5. The highest BCUT2D eigenvalue weighted by Gasteiger charge is 2.70. The van der Waals surface area contributed by atoms with Gasteiger partial charge in [0.2, 0.25) is 17.7 Å². The third-order valence-electron chi connectivity index (χ3n) is 8.19. The Bertz CT molecular complexity index is 1070. The number of nitrogens with one attached hydrogen (secondary N) is 3. The molecule has 0 aromatic rings. The predicted octanol–water partition coefficient (Wildman–Crippen LogP) is 1.69. The van der Waals surface area contributed by atoms with Crippen LogP contribution in [0.5, 0.6) is 0 Å². The molecular formula is C27H39F3N4O6. The molecule has 2 saturated heterocycles. The summed E-state index contributed by atoms with van der Waals surface area (Å²) in [5.74, 6) is -5.04. The van der Waals surface area contributed by atoms with Gasteiger partial charge in [0.25, 0.3) is 0 Å². The normalized spacial score (nSPS) is 27.0. The van der Waals surface area contributed by atoms with Gasteiger partial charge in [-0.3, -0.25) is 19.2 Å². The highest BCUT2D eigenvalue weighted by molar-refractivity contribution is 5.95. The lowest BCUT2D eigenvalue weighted by Crippen LogP contribution is -2.61. The van der Waals surface area contributed by atoms with Crippen LogP contribution in [0.2, 0.25) is 0 Å². The summed E-state index contributed by atoms with van der Waals surface area (Å²) in [7, 11) is 0. The van der Waals surface area contributed by atoms with Crippen LogP contribution in [-0.2, 0) is 28.7 Å². The molecule has 2 heterocycles. The SMILES string of the molecule is CCOC(=O)C=C[C@H](C[C@@H]1CCNC1=O)NC(=O)[C@@H]1[C@@H]2[C@H](CN1C(=O)[C@@H](NC(=O)C(F)(F)F)C(C)(C)C)C2(C)C. The number of ether oxygens (including phenoxy) is 1. The van der Waals surface area contributed by atoms with Crippen LogP contribution in [0.4, 0.5) is 13.2 Å². The summed E-state index contributed by atoms with van der Waals surface area (Å²) in [5, 5.41) is 7.41. The Hall–Kier alpha value is -3.12. The van der Waals surface area contributed by atoms with Crippen LogP contribution < -0.4 is 16.0 Å². The summed E-state index contributed by atoms with van der Waals surface area (Å²) in [6, 6.07) is -3.28. The smallest absolute Gasteiger partial charge is 0.463 e. The Labute approximate surface area is 231 Å². The van der Waals surface area contributed by atoms with Crippen LogP contribution in [0, 0.1) is 28.6 Å². The standard InChI is InChI=1S/C27H39F3N4O6/c1-7-40-17(35)9-8-15(12-14-10-11-31-21(14)36)32-22(37)19-18-16(26(18,5)6)13-34(19)23(38)20(25(2,3)4)33-24(39)27(28,29)30/h8-9,14-16,18-20H,7,10-13H2,1-6H3,(H,31,36)(H,32,37)(H,33,39)/t14-,15+,16-,18-,19-,20+/m0/s1. The summed E-state index contributed by atoms with van der Waals surface area (Å²) in [6.07, 6.45) is -1.81. The van der Waals surface area contributed by atoms with E-state index in [4.69, 9.17) is 4.74 Å². The van der Waals surface area contributed by atoms with Crippen LogP contribution in [0.3, 0.4) is 0 Å². The number of carbonyl (C=O) groups excluding carboxylic acids is 5. The minimum atomic E-state index is -5.18. The van der Waals surface area contributed by atoms with E-state index in [-0.39, 0.29) is 42.7 Å². The summed E-state index contributed by atoms with van der Waals surface area (Å²) in [5.41, 5.74) is -1.37. The van der Waals surface area contributed by atoms with Crippen molar-refractivity contribution in [3.63, 3.8) is 0 Å². The monoisotopic (exact) mass is 572 g/mol. The second-order valence-corrected chi connectivity index (χ2v) is 12.4. The second-order valence-electron chi connectivity index (χ2n) is 12.4. The molecule has 0 aromatic heterocycles. The highest BCUT2D eigenvalue weighted by Crippen LogP contribution is 2.65. The molecule has 40 heavy (non-hydrogen) atoms.